The Labute approximate surface area is 125 Å². The van der Waals surface area contributed by atoms with Crippen LogP contribution in [-0.2, 0) is 14.8 Å². The fourth-order valence-corrected chi connectivity index (χ4v) is 3.80. The lowest BCUT2D eigenvalue weighted by Crippen LogP contribution is -2.28. The molecule has 1 aromatic heterocycles. The van der Waals surface area contributed by atoms with Gasteiger partial charge in [-0.2, -0.15) is 0 Å². The van der Waals surface area contributed by atoms with Crippen molar-refractivity contribution in [1.29, 1.82) is 0 Å². The van der Waals surface area contributed by atoms with Crippen molar-refractivity contribution in [3.05, 3.63) is 16.5 Å². The first-order valence-corrected chi connectivity index (χ1v) is 8.66. The lowest BCUT2D eigenvalue weighted by atomic mass is 9.88. The Bertz CT molecular complexity index is 609. The molecule has 112 valence electrons. The van der Waals surface area contributed by atoms with E-state index in [-0.39, 0.29) is 21.4 Å². The zero-order valence-corrected chi connectivity index (χ0v) is 13.4. The summed E-state index contributed by atoms with van der Waals surface area (Å²) >= 11 is 2.92. The third-order valence-electron chi connectivity index (χ3n) is 3.45. The SMILES string of the molecule is CC1CCCCC1OC(=O)c1cc(S(N)(=O)=O)c(Br)o1. The second kappa shape index (κ2) is 5.87. The largest absolute Gasteiger partial charge is 0.456 e. The number of sulfonamides is 1. The van der Waals surface area contributed by atoms with Crippen LogP contribution in [0.4, 0.5) is 0 Å². The molecule has 0 aromatic carbocycles. The van der Waals surface area contributed by atoms with Gasteiger partial charge in [-0.15, -0.1) is 0 Å². The van der Waals surface area contributed by atoms with Crippen molar-refractivity contribution in [2.75, 3.05) is 0 Å². The number of carbonyl (C=O) groups is 1. The second-order valence-corrected chi connectivity index (χ2v) is 7.25. The quantitative estimate of drug-likeness (QED) is 0.829. The van der Waals surface area contributed by atoms with Crippen molar-refractivity contribution < 1.29 is 22.4 Å². The van der Waals surface area contributed by atoms with E-state index in [9.17, 15) is 13.2 Å². The summed E-state index contributed by atoms with van der Waals surface area (Å²) in [6, 6.07) is 1.08. The Kier molecular flexibility index (Phi) is 4.55. The molecule has 1 aromatic rings. The predicted octanol–water partition coefficient (Wildman–Crippen LogP) is 2.43. The molecule has 1 fully saturated rings. The summed E-state index contributed by atoms with van der Waals surface area (Å²) in [6.07, 6.45) is 3.83. The molecule has 0 aliphatic heterocycles. The number of halogens is 1. The van der Waals surface area contributed by atoms with Gasteiger partial charge in [-0.3, -0.25) is 0 Å². The minimum Gasteiger partial charge on any atom is -0.456 e. The Morgan fingerprint density at radius 1 is 1.45 bits per heavy atom. The van der Waals surface area contributed by atoms with Crippen LogP contribution in [0.25, 0.3) is 0 Å². The lowest BCUT2D eigenvalue weighted by Gasteiger charge is -2.27. The van der Waals surface area contributed by atoms with E-state index in [1.807, 2.05) is 6.92 Å². The predicted molar refractivity (Wildman–Crippen MR) is 74.6 cm³/mol. The first-order chi connectivity index (χ1) is 9.29. The maximum atomic E-state index is 12.0. The molecular formula is C12H16BrNO5S. The fraction of sp³-hybridized carbons (Fsp3) is 0.583. The molecule has 20 heavy (non-hydrogen) atoms. The first-order valence-electron chi connectivity index (χ1n) is 6.32. The summed E-state index contributed by atoms with van der Waals surface area (Å²) in [5.74, 6) is -0.540. The molecule has 2 atom stereocenters. The van der Waals surface area contributed by atoms with Crippen LogP contribution in [0.1, 0.15) is 43.2 Å². The standard InChI is InChI=1S/C12H16BrNO5S/c1-7-4-2-3-5-8(7)19-12(15)9-6-10(11(13)18-9)20(14,16)17/h6-8H,2-5H2,1H3,(H2,14,16,17). The molecule has 1 saturated carbocycles. The van der Waals surface area contributed by atoms with Crippen molar-refractivity contribution >= 4 is 31.9 Å². The van der Waals surface area contributed by atoms with Gasteiger partial charge in [0.15, 0.2) is 4.67 Å². The van der Waals surface area contributed by atoms with E-state index in [0.29, 0.717) is 5.92 Å². The topological polar surface area (TPSA) is 99.6 Å². The van der Waals surface area contributed by atoms with Crippen molar-refractivity contribution in [3.8, 4) is 0 Å². The van der Waals surface area contributed by atoms with Gasteiger partial charge >= 0.3 is 5.97 Å². The molecule has 0 saturated heterocycles. The summed E-state index contributed by atoms with van der Waals surface area (Å²) in [5, 5.41) is 5.01. The number of rotatable bonds is 3. The number of hydrogen-bond donors (Lipinski definition) is 1. The van der Waals surface area contributed by atoms with Crippen LogP contribution in [0.2, 0.25) is 0 Å². The summed E-state index contributed by atoms with van der Waals surface area (Å²) in [5.41, 5.74) is 0. The van der Waals surface area contributed by atoms with Crippen LogP contribution in [0.5, 0.6) is 0 Å². The van der Waals surface area contributed by atoms with Crippen LogP contribution in [0, 0.1) is 5.92 Å². The molecule has 2 rings (SSSR count). The minimum absolute atomic E-state index is 0.0938. The summed E-state index contributed by atoms with van der Waals surface area (Å²) < 4.78 is 32.9. The summed E-state index contributed by atoms with van der Waals surface area (Å²) in [4.78, 5) is 11.7. The monoisotopic (exact) mass is 365 g/mol. The molecule has 2 unspecified atom stereocenters. The molecule has 2 N–H and O–H groups in total. The fourth-order valence-electron chi connectivity index (χ4n) is 2.30. The van der Waals surface area contributed by atoms with Crippen LogP contribution < -0.4 is 5.14 Å². The van der Waals surface area contributed by atoms with Gasteiger partial charge in [0.2, 0.25) is 15.8 Å². The third-order valence-corrected chi connectivity index (χ3v) is 5.22. The average Bonchev–Trinajstić information content (AvgIpc) is 2.74. The Hall–Kier alpha value is -0.860. The molecule has 1 heterocycles. The zero-order valence-electron chi connectivity index (χ0n) is 11.0. The molecule has 0 spiro atoms. The van der Waals surface area contributed by atoms with Crippen molar-refractivity contribution in [1.82, 2.24) is 0 Å². The average molecular weight is 366 g/mol. The highest BCUT2D eigenvalue weighted by molar-refractivity contribution is 9.10. The number of nitrogens with two attached hydrogens (primary N) is 1. The van der Waals surface area contributed by atoms with E-state index in [4.69, 9.17) is 14.3 Å². The number of primary sulfonamides is 1. The minimum atomic E-state index is -3.94. The van der Waals surface area contributed by atoms with Gasteiger partial charge < -0.3 is 9.15 Å². The number of furan rings is 1. The van der Waals surface area contributed by atoms with Crippen LogP contribution >= 0.6 is 15.9 Å². The number of ether oxygens (including phenoxy) is 1. The van der Waals surface area contributed by atoms with Gasteiger partial charge in [-0.05, 0) is 41.1 Å². The molecule has 1 aliphatic carbocycles. The maximum Gasteiger partial charge on any atom is 0.374 e. The van der Waals surface area contributed by atoms with Gasteiger partial charge in [0, 0.05) is 6.07 Å². The summed E-state index contributed by atoms with van der Waals surface area (Å²) in [7, 11) is -3.94. The molecule has 0 amide bonds. The lowest BCUT2D eigenvalue weighted by molar-refractivity contribution is 0.00163. The van der Waals surface area contributed by atoms with E-state index >= 15 is 0 Å². The van der Waals surface area contributed by atoms with E-state index in [1.54, 1.807) is 0 Å². The first kappa shape index (κ1) is 15.5. The Balaban J connectivity index is 2.14. The zero-order chi connectivity index (χ0) is 14.9. The van der Waals surface area contributed by atoms with Crippen LogP contribution in [0.15, 0.2) is 20.0 Å². The van der Waals surface area contributed by atoms with Crippen LogP contribution in [0.3, 0.4) is 0 Å². The second-order valence-electron chi connectivity index (χ2n) is 5.00. The van der Waals surface area contributed by atoms with Gasteiger partial charge in [0.05, 0.1) is 0 Å². The molecule has 0 bridgehead atoms. The Morgan fingerprint density at radius 2 is 2.10 bits per heavy atom. The van der Waals surface area contributed by atoms with Gasteiger partial charge in [0.1, 0.15) is 11.0 Å². The normalized spacial score (nSPS) is 23.6. The molecule has 0 radical (unpaired) electrons. The van der Waals surface area contributed by atoms with Crippen molar-refractivity contribution in [2.24, 2.45) is 11.1 Å². The highest BCUT2D eigenvalue weighted by atomic mass is 79.9. The van der Waals surface area contributed by atoms with E-state index in [2.05, 4.69) is 15.9 Å². The summed E-state index contributed by atoms with van der Waals surface area (Å²) in [6.45, 7) is 2.03. The third kappa shape index (κ3) is 3.42. The highest BCUT2D eigenvalue weighted by Gasteiger charge is 2.28. The molecule has 6 nitrogen and oxygen atoms in total. The van der Waals surface area contributed by atoms with E-state index in [1.165, 1.54) is 0 Å². The van der Waals surface area contributed by atoms with Gasteiger partial charge in [0.25, 0.3) is 0 Å². The number of hydrogen-bond acceptors (Lipinski definition) is 5. The van der Waals surface area contributed by atoms with Crippen LogP contribution in [-0.4, -0.2) is 20.5 Å². The van der Waals surface area contributed by atoms with Gasteiger partial charge in [-0.1, -0.05) is 13.3 Å². The molecule has 8 heteroatoms. The smallest absolute Gasteiger partial charge is 0.374 e. The van der Waals surface area contributed by atoms with E-state index < -0.39 is 16.0 Å². The molecule has 1 aliphatic rings. The number of esters is 1. The van der Waals surface area contributed by atoms with Crippen molar-refractivity contribution in [3.63, 3.8) is 0 Å². The van der Waals surface area contributed by atoms with Crippen molar-refractivity contribution in [2.45, 2.75) is 43.6 Å². The highest BCUT2D eigenvalue weighted by Crippen LogP contribution is 2.29. The van der Waals surface area contributed by atoms with Gasteiger partial charge in [-0.25, -0.2) is 18.4 Å². The maximum absolute atomic E-state index is 12.0. The van der Waals surface area contributed by atoms with E-state index in [0.717, 1.165) is 31.7 Å². The molecular weight excluding hydrogens is 350 g/mol. The number of carbonyl (C=O) groups excluding carboxylic acids is 1. The Morgan fingerprint density at radius 3 is 2.65 bits per heavy atom.